The van der Waals surface area contributed by atoms with Gasteiger partial charge in [0, 0.05) is 22.5 Å². The average molecular weight is 540 g/mol. The van der Waals surface area contributed by atoms with Crippen molar-refractivity contribution in [1.29, 1.82) is 0 Å². The molecule has 0 spiro atoms. The molecule has 0 atom stereocenters. The smallest absolute Gasteiger partial charge is 0.398 e. The summed E-state index contributed by atoms with van der Waals surface area (Å²) in [5.41, 5.74) is -6.45. The van der Waals surface area contributed by atoms with E-state index in [4.69, 9.17) is 11.5 Å². The van der Waals surface area contributed by atoms with E-state index in [1.54, 1.807) is 0 Å². The summed E-state index contributed by atoms with van der Waals surface area (Å²) < 4.78 is 161. The standard InChI is InChI=1S/C20H12F12N2O2/c21-17(22,23)15(35,18(24,25)26)11-5-7-1-2-9-8(10(7)6-13(11)34)3-4-12(33)14(9)16(36,19(27,28)29)20(30,31)32/h1-6,35-36H,33-34H2. The molecule has 0 aromatic heterocycles. The molecule has 4 nitrogen and oxygen atoms in total. The summed E-state index contributed by atoms with van der Waals surface area (Å²) in [5.74, 6) is 0. The third-order valence-electron chi connectivity index (χ3n) is 5.61. The van der Waals surface area contributed by atoms with Crippen molar-refractivity contribution < 1.29 is 62.9 Å². The van der Waals surface area contributed by atoms with Gasteiger partial charge in [0.05, 0.1) is 0 Å². The Morgan fingerprint density at radius 2 is 0.944 bits per heavy atom. The second-order valence-electron chi connectivity index (χ2n) is 7.76. The number of halogens is 12. The quantitative estimate of drug-likeness (QED) is 0.188. The van der Waals surface area contributed by atoms with Crippen LogP contribution in [0.2, 0.25) is 0 Å². The number of fused-ring (bicyclic) bond motifs is 3. The fourth-order valence-electron chi connectivity index (χ4n) is 3.85. The van der Waals surface area contributed by atoms with Crippen LogP contribution in [0.25, 0.3) is 21.5 Å². The first kappa shape index (κ1) is 27.4. The molecule has 0 radical (unpaired) electrons. The molecule has 0 aliphatic rings. The Labute approximate surface area is 191 Å². The number of hydrogen-bond acceptors (Lipinski definition) is 4. The van der Waals surface area contributed by atoms with E-state index >= 15 is 0 Å². The van der Waals surface area contributed by atoms with Crippen LogP contribution in [0.15, 0.2) is 36.4 Å². The minimum absolute atomic E-state index is 0.154. The van der Waals surface area contributed by atoms with Gasteiger partial charge in [-0.3, -0.25) is 0 Å². The molecule has 0 amide bonds. The number of rotatable bonds is 2. The molecule has 198 valence electrons. The topological polar surface area (TPSA) is 92.5 Å². The Morgan fingerprint density at radius 1 is 0.500 bits per heavy atom. The maximum absolute atomic E-state index is 13.5. The van der Waals surface area contributed by atoms with E-state index in [9.17, 15) is 62.9 Å². The molecule has 3 aromatic carbocycles. The number of nitrogens with two attached hydrogens (primary N) is 2. The van der Waals surface area contributed by atoms with Gasteiger partial charge in [0.25, 0.3) is 11.2 Å². The van der Waals surface area contributed by atoms with Gasteiger partial charge in [-0.2, -0.15) is 52.7 Å². The molecule has 0 bridgehead atoms. The predicted molar refractivity (Wildman–Crippen MR) is 102 cm³/mol. The van der Waals surface area contributed by atoms with Crippen LogP contribution < -0.4 is 11.5 Å². The first-order valence-electron chi connectivity index (χ1n) is 9.27. The van der Waals surface area contributed by atoms with Gasteiger partial charge < -0.3 is 21.7 Å². The van der Waals surface area contributed by atoms with E-state index < -0.39 is 80.0 Å². The largest absolute Gasteiger partial charge is 0.430 e. The van der Waals surface area contributed by atoms with Crippen molar-refractivity contribution >= 4 is 32.9 Å². The maximum Gasteiger partial charge on any atom is 0.430 e. The second-order valence-corrected chi connectivity index (χ2v) is 7.76. The molecule has 3 rings (SSSR count). The summed E-state index contributed by atoms with van der Waals surface area (Å²) in [7, 11) is 0. The lowest BCUT2D eigenvalue weighted by Crippen LogP contribution is -2.54. The third kappa shape index (κ3) is 3.65. The minimum Gasteiger partial charge on any atom is -0.398 e. The van der Waals surface area contributed by atoms with Crippen LogP contribution in [-0.4, -0.2) is 34.9 Å². The zero-order valence-corrected chi connectivity index (χ0v) is 17.0. The van der Waals surface area contributed by atoms with Crippen molar-refractivity contribution in [3.8, 4) is 0 Å². The molecule has 36 heavy (non-hydrogen) atoms. The SMILES string of the molecule is Nc1cc2c(ccc3c(C(O)(C(F)(F)F)C(F)(F)F)c(N)ccc32)cc1C(O)(C(F)(F)F)C(F)(F)F. The van der Waals surface area contributed by atoms with E-state index in [2.05, 4.69) is 0 Å². The number of alkyl halides is 12. The second kappa shape index (κ2) is 7.68. The molecule has 3 aromatic rings. The summed E-state index contributed by atoms with van der Waals surface area (Å²) in [6, 6.07) is 3.01. The van der Waals surface area contributed by atoms with E-state index in [1.165, 1.54) is 0 Å². The highest BCUT2D eigenvalue weighted by Crippen LogP contribution is 2.55. The van der Waals surface area contributed by atoms with Crippen molar-refractivity contribution in [3.63, 3.8) is 0 Å². The van der Waals surface area contributed by atoms with Gasteiger partial charge in [-0.05, 0) is 39.7 Å². The average Bonchev–Trinajstić information content (AvgIpc) is 2.68. The Bertz CT molecular complexity index is 1310. The molecule has 0 aliphatic heterocycles. The monoisotopic (exact) mass is 540 g/mol. The van der Waals surface area contributed by atoms with Gasteiger partial charge in [0.1, 0.15) is 0 Å². The Balaban J connectivity index is 2.47. The minimum atomic E-state index is -6.35. The van der Waals surface area contributed by atoms with Crippen LogP contribution in [0.1, 0.15) is 11.1 Å². The van der Waals surface area contributed by atoms with E-state index in [0.29, 0.717) is 24.3 Å². The predicted octanol–water partition coefficient (Wildman–Crippen LogP) is 5.78. The van der Waals surface area contributed by atoms with Gasteiger partial charge >= 0.3 is 24.7 Å². The summed E-state index contributed by atoms with van der Waals surface area (Å²) in [6.07, 6.45) is -25.3. The van der Waals surface area contributed by atoms with Crippen LogP contribution in [-0.2, 0) is 11.2 Å². The van der Waals surface area contributed by atoms with Crippen molar-refractivity contribution in [2.24, 2.45) is 0 Å². The Kier molecular flexibility index (Phi) is 5.85. The number of anilines is 2. The highest BCUT2D eigenvalue weighted by molar-refractivity contribution is 6.11. The fourth-order valence-corrected chi connectivity index (χ4v) is 3.85. The van der Waals surface area contributed by atoms with Crippen LogP contribution >= 0.6 is 0 Å². The van der Waals surface area contributed by atoms with Crippen molar-refractivity contribution in [2.45, 2.75) is 35.9 Å². The van der Waals surface area contributed by atoms with Crippen LogP contribution in [0.5, 0.6) is 0 Å². The normalized spacial score (nSPS) is 14.6. The third-order valence-corrected chi connectivity index (χ3v) is 5.61. The van der Waals surface area contributed by atoms with E-state index in [-0.39, 0.29) is 6.07 Å². The van der Waals surface area contributed by atoms with Crippen LogP contribution in [0.3, 0.4) is 0 Å². The molecular formula is C20H12F12N2O2. The first-order valence-corrected chi connectivity index (χ1v) is 9.27. The van der Waals surface area contributed by atoms with Gasteiger partial charge in [-0.25, -0.2) is 0 Å². The van der Waals surface area contributed by atoms with Crippen molar-refractivity contribution in [2.75, 3.05) is 11.5 Å². The van der Waals surface area contributed by atoms with Crippen molar-refractivity contribution in [1.82, 2.24) is 0 Å². The summed E-state index contributed by atoms with van der Waals surface area (Å²) in [5, 5.41) is 16.9. The van der Waals surface area contributed by atoms with Gasteiger partial charge in [0.2, 0.25) is 0 Å². The molecule has 0 fully saturated rings. The number of benzene rings is 3. The molecular weight excluding hydrogens is 528 g/mol. The fraction of sp³-hybridized carbons (Fsp3) is 0.300. The van der Waals surface area contributed by atoms with Crippen LogP contribution in [0, 0.1) is 0 Å². The van der Waals surface area contributed by atoms with Crippen LogP contribution in [0.4, 0.5) is 64.1 Å². The summed E-state index contributed by atoms with van der Waals surface area (Å²) >= 11 is 0. The lowest BCUT2D eigenvalue weighted by Gasteiger charge is -2.34. The number of nitrogen functional groups attached to an aromatic ring is 2. The molecule has 0 aliphatic carbocycles. The number of hydrogen-bond donors (Lipinski definition) is 4. The zero-order valence-electron chi connectivity index (χ0n) is 17.0. The van der Waals surface area contributed by atoms with Gasteiger partial charge in [-0.15, -0.1) is 0 Å². The highest BCUT2D eigenvalue weighted by Gasteiger charge is 2.73. The first-order chi connectivity index (χ1) is 16.0. The molecule has 16 heteroatoms. The number of aliphatic hydroxyl groups is 2. The van der Waals surface area contributed by atoms with E-state index in [0.717, 1.165) is 6.07 Å². The Morgan fingerprint density at radius 3 is 1.39 bits per heavy atom. The summed E-state index contributed by atoms with van der Waals surface area (Å²) in [4.78, 5) is 0. The molecule has 0 heterocycles. The molecule has 6 N–H and O–H groups in total. The molecule has 0 saturated carbocycles. The summed E-state index contributed by atoms with van der Waals surface area (Å²) in [6.45, 7) is 0. The van der Waals surface area contributed by atoms with Gasteiger partial charge in [-0.1, -0.05) is 18.2 Å². The Hall–Kier alpha value is -3.14. The maximum atomic E-state index is 13.5. The molecule has 0 unspecified atom stereocenters. The zero-order chi connectivity index (χ0) is 27.9. The van der Waals surface area contributed by atoms with Crippen molar-refractivity contribution in [3.05, 3.63) is 47.5 Å². The molecule has 0 saturated heterocycles. The van der Waals surface area contributed by atoms with E-state index in [1.807, 2.05) is 0 Å². The highest BCUT2D eigenvalue weighted by atomic mass is 19.4. The lowest BCUT2D eigenvalue weighted by atomic mass is 9.84. The van der Waals surface area contributed by atoms with Gasteiger partial charge in [0.15, 0.2) is 0 Å². The lowest BCUT2D eigenvalue weighted by molar-refractivity contribution is -0.376.